The maximum Gasteiger partial charge on any atom is 0.259 e. The van der Waals surface area contributed by atoms with Crippen molar-refractivity contribution in [2.45, 2.75) is 25.9 Å². The van der Waals surface area contributed by atoms with Crippen molar-refractivity contribution in [2.24, 2.45) is 0 Å². The van der Waals surface area contributed by atoms with Gasteiger partial charge in [-0.15, -0.1) is 0 Å². The van der Waals surface area contributed by atoms with Gasteiger partial charge in [-0.25, -0.2) is 7.42 Å². The lowest BCUT2D eigenvalue weighted by molar-refractivity contribution is -0.126. The van der Waals surface area contributed by atoms with Gasteiger partial charge in [0.1, 0.15) is 0 Å². The Kier molecular flexibility index (Phi) is 6.93. The fraction of sp³-hybridized carbons (Fsp3) is 0.667. The maximum absolute atomic E-state index is 11.3. The van der Waals surface area contributed by atoms with Crippen LogP contribution in [0.25, 0.3) is 0 Å². The SMILES string of the molecule is CC(NC(C)C(=O)N(S)S)C(=O)N(S)S. The van der Waals surface area contributed by atoms with Crippen molar-refractivity contribution in [3.05, 3.63) is 0 Å². The molecule has 0 radical (unpaired) electrons. The molecule has 0 rings (SSSR count). The first-order valence-corrected chi connectivity index (χ1v) is 5.56. The first-order chi connectivity index (χ1) is 6.77. The smallest absolute Gasteiger partial charge is 0.259 e. The molecule has 9 heteroatoms. The fourth-order valence-electron chi connectivity index (χ4n) is 0.864. The van der Waals surface area contributed by atoms with Gasteiger partial charge in [-0.1, -0.05) is 51.3 Å². The van der Waals surface area contributed by atoms with Crippen LogP contribution in [0.4, 0.5) is 0 Å². The highest BCUT2D eigenvalue weighted by molar-refractivity contribution is 7.94. The minimum absolute atomic E-state index is 0.355. The summed E-state index contributed by atoms with van der Waals surface area (Å²) in [5.41, 5.74) is 0. The molecule has 2 amide bonds. The molecule has 0 saturated heterocycles. The van der Waals surface area contributed by atoms with E-state index in [2.05, 4.69) is 56.6 Å². The summed E-state index contributed by atoms with van der Waals surface area (Å²) < 4.78 is 1.71. The summed E-state index contributed by atoms with van der Waals surface area (Å²) in [5, 5.41) is 2.76. The monoisotopic (exact) mass is 287 g/mol. The fourth-order valence-corrected chi connectivity index (χ4v) is 1.56. The van der Waals surface area contributed by atoms with E-state index in [-0.39, 0.29) is 11.8 Å². The Morgan fingerprint density at radius 1 is 0.933 bits per heavy atom. The summed E-state index contributed by atoms with van der Waals surface area (Å²) in [4.78, 5) is 22.6. The van der Waals surface area contributed by atoms with Crippen LogP contribution in [0.3, 0.4) is 0 Å². The van der Waals surface area contributed by atoms with Crippen molar-refractivity contribution in [2.75, 3.05) is 0 Å². The predicted molar refractivity (Wildman–Crippen MR) is 71.7 cm³/mol. The Morgan fingerprint density at radius 2 is 1.20 bits per heavy atom. The van der Waals surface area contributed by atoms with E-state index in [9.17, 15) is 9.59 Å². The molecule has 0 spiro atoms. The van der Waals surface area contributed by atoms with Crippen LogP contribution in [0.2, 0.25) is 0 Å². The lowest BCUT2D eigenvalue weighted by Gasteiger charge is -2.21. The molecule has 1 N–H and O–H groups in total. The second kappa shape index (κ2) is 6.79. The highest BCUT2D eigenvalue weighted by atomic mass is 32.2. The van der Waals surface area contributed by atoms with Crippen LogP contribution in [-0.4, -0.2) is 31.3 Å². The molecule has 0 bridgehead atoms. The zero-order valence-corrected chi connectivity index (χ0v) is 11.7. The van der Waals surface area contributed by atoms with Gasteiger partial charge in [-0.05, 0) is 13.8 Å². The Labute approximate surface area is 111 Å². The van der Waals surface area contributed by atoms with E-state index in [0.717, 1.165) is 7.42 Å². The van der Waals surface area contributed by atoms with Crippen molar-refractivity contribution >= 4 is 63.1 Å². The highest BCUT2D eigenvalue weighted by Gasteiger charge is 2.23. The molecule has 2 atom stereocenters. The number of nitrogens with zero attached hydrogens (tertiary/aromatic N) is 2. The zero-order chi connectivity index (χ0) is 12.2. The van der Waals surface area contributed by atoms with E-state index >= 15 is 0 Å². The molecular weight excluding hydrogens is 274 g/mol. The molecule has 0 heterocycles. The molecule has 0 saturated carbocycles. The van der Waals surface area contributed by atoms with Crippen LogP contribution in [0.1, 0.15) is 13.8 Å². The summed E-state index contributed by atoms with van der Waals surface area (Å²) in [6.45, 7) is 3.21. The van der Waals surface area contributed by atoms with Gasteiger partial charge < -0.3 is 0 Å². The Bertz CT molecular complexity index is 225. The van der Waals surface area contributed by atoms with Crippen molar-refractivity contribution < 1.29 is 9.59 Å². The Hall–Kier alpha value is 0.300. The van der Waals surface area contributed by atoms with Gasteiger partial charge in [0.2, 0.25) is 0 Å². The largest absolute Gasteiger partial charge is 0.295 e. The van der Waals surface area contributed by atoms with Gasteiger partial charge in [0.25, 0.3) is 11.8 Å². The van der Waals surface area contributed by atoms with Gasteiger partial charge >= 0.3 is 0 Å². The van der Waals surface area contributed by atoms with E-state index in [1.165, 1.54) is 0 Å². The summed E-state index contributed by atoms with van der Waals surface area (Å²) >= 11 is 14.9. The van der Waals surface area contributed by atoms with Gasteiger partial charge in [-0.2, -0.15) is 0 Å². The van der Waals surface area contributed by atoms with Crippen molar-refractivity contribution in [3.8, 4) is 0 Å². The summed E-state index contributed by atoms with van der Waals surface area (Å²) in [5.74, 6) is -0.711. The Morgan fingerprint density at radius 3 is 1.40 bits per heavy atom. The number of hydrogen-bond acceptors (Lipinski definition) is 7. The molecule has 0 aromatic carbocycles. The van der Waals surface area contributed by atoms with Gasteiger partial charge in [0.05, 0.1) is 12.1 Å². The second-order valence-corrected chi connectivity index (χ2v) is 5.10. The number of thiol groups is 4. The number of amides is 2. The van der Waals surface area contributed by atoms with Gasteiger partial charge in [0.15, 0.2) is 0 Å². The van der Waals surface area contributed by atoms with Crippen LogP contribution in [0.15, 0.2) is 0 Å². The first kappa shape index (κ1) is 15.3. The molecule has 0 aliphatic heterocycles. The van der Waals surface area contributed by atoms with E-state index in [1.54, 1.807) is 13.8 Å². The number of carbonyl (C=O) groups excluding carboxylic acids is 2. The molecule has 5 nitrogen and oxygen atoms in total. The highest BCUT2D eigenvalue weighted by Crippen LogP contribution is 2.05. The third-order valence-electron chi connectivity index (χ3n) is 1.64. The van der Waals surface area contributed by atoms with E-state index in [1.807, 2.05) is 0 Å². The molecule has 0 fully saturated rings. The molecule has 15 heavy (non-hydrogen) atoms. The number of nitrogens with one attached hydrogen (secondary N) is 1. The minimum atomic E-state index is -0.569. The lowest BCUT2D eigenvalue weighted by Crippen LogP contribution is -2.47. The quantitative estimate of drug-likeness (QED) is 0.486. The molecule has 0 aromatic heterocycles. The zero-order valence-electron chi connectivity index (χ0n) is 8.15. The third-order valence-corrected chi connectivity index (χ3v) is 2.42. The van der Waals surface area contributed by atoms with Crippen molar-refractivity contribution in [1.82, 2.24) is 12.7 Å². The lowest BCUT2D eigenvalue weighted by atomic mass is 10.2. The van der Waals surface area contributed by atoms with Crippen LogP contribution >= 0.6 is 51.3 Å². The maximum atomic E-state index is 11.3. The van der Waals surface area contributed by atoms with E-state index in [4.69, 9.17) is 0 Å². The van der Waals surface area contributed by atoms with E-state index < -0.39 is 12.1 Å². The van der Waals surface area contributed by atoms with Crippen LogP contribution in [0.5, 0.6) is 0 Å². The van der Waals surface area contributed by atoms with Gasteiger partial charge in [-0.3, -0.25) is 14.9 Å². The van der Waals surface area contributed by atoms with Gasteiger partial charge in [0, 0.05) is 0 Å². The second-order valence-electron chi connectivity index (χ2n) is 2.87. The third kappa shape index (κ3) is 5.25. The summed E-state index contributed by atoms with van der Waals surface area (Å²) in [6, 6.07) is -1.14. The molecule has 2 unspecified atom stereocenters. The topological polar surface area (TPSA) is 52.7 Å². The van der Waals surface area contributed by atoms with E-state index in [0.29, 0.717) is 0 Å². The number of carbonyl (C=O) groups is 2. The number of rotatable bonds is 4. The van der Waals surface area contributed by atoms with Crippen molar-refractivity contribution in [3.63, 3.8) is 0 Å². The van der Waals surface area contributed by atoms with Crippen LogP contribution < -0.4 is 5.32 Å². The number of hydrogen-bond donors (Lipinski definition) is 5. The minimum Gasteiger partial charge on any atom is -0.295 e. The molecule has 0 aromatic rings. The predicted octanol–water partition coefficient (Wildman–Crippen LogP) is 0.389. The summed E-state index contributed by atoms with van der Waals surface area (Å²) in [7, 11) is 0. The average molecular weight is 287 g/mol. The van der Waals surface area contributed by atoms with Crippen LogP contribution in [0, 0.1) is 0 Å². The average Bonchev–Trinajstić information content (AvgIpc) is 2.14. The molecule has 88 valence electrons. The molecular formula is C6H13N3O2S4. The van der Waals surface area contributed by atoms with Crippen LogP contribution in [-0.2, 0) is 9.59 Å². The normalized spacial score (nSPS) is 14.3. The first-order valence-electron chi connectivity index (χ1n) is 3.96. The summed E-state index contributed by atoms with van der Waals surface area (Å²) in [6.07, 6.45) is 0. The van der Waals surface area contributed by atoms with Crippen molar-refractivity contribution in [1.29, 1.82) is 0 Å². The standard InChI is InChI=1S/C6H13N3O2S4/c1-3(5(10)8(12)13)7-4(2)6(11)9(14)15/h3-4,7,12-15H,1-2H3. The Balaban J connectivity index is 4.24. The molecule has 0 aliphatic rings. The molecule has 0 aliphatic carbocycles.